The maximum Gasteiger partial charge on any atom is 0.419 e. The van der Waals surface area contributed by atoms with E-state index in [1.165, 1.54) is 0 Å². The van der Waals surface area contributed by atoms with Crippen molar-refractivity contribution in [2.24, 2.45) is 0 Å². The molecule has 1 N–H and O–H groups in total. The van der Waals surface area contributed by atoms with Crippen LogP contribution < -0.4 is 5.56 Å². The number of H-pyrrole nitrogens is 1. The van der Waals surface area contributed by atoms with Crippen LogP contribution in [0.3, 0.4) is 0 Å². The first kappa shape index (κ1) is 14.2. The highest BCUT2D eigenvalue weighted by Crippen LogP contribution is 2.33. The zero-order valence-electron chi connectivity index (χ0n) is 10.6. The van der Waals surface area contributed by atoms with Gasteiger partial charge in [-0.1, -0.05) is 0 Å². The fraction of sp³-hybridized carbons (Fsp3) is 0.231. The predicted octanol–water partition coefficient (Wildman–Crippen LogP) is 3.21. The van der Waals surface area contributed by atoms with E-state index in [9.17, 15) is 22.4 Å². The lowest BCUT2D eigenvalue weighted by Crippen LogP contribution is -2.15. The van der Waals surface area contributed by atoms with E-state index in [0.717, 1.165) is 6.07 Å². The lowest BCUT2D eigenvalue weighted by atomic mass is 10.1. The Kier molecular flexibility index (Phi) is 3.37. The molecule has 0 saturated heterocycles. The van der Waals surface area contributed by atoms with Crippen LogP contribution in [0.5, 0.6) is 0 Å². The van der Waals surface area contributed by atoms with E-state index in [0.29, 0.717) is 23.5 Å². The Morgan fingerprint density at radius 1 is 1.20 bits per heavy atom. The minimum absolute atomic E-state index is 0.0805. The van der Waals surface area contributed by atoms with Gasteiger partial charge in [0.25, 0.3) is 5.56 Å². The molecule has 0 aliphatic carbocycles. The molecular weight excluding hydrogens is 276 g/mol. The number of nitrogens with one attached hydrogen (secondary N) is 1. The summed E-state index contributed by atoms with van der Waals surface area (Å²) < 4.78 is 51.1. The number of hydrogen-bond donors (Lipinski definition) is 1. The molecule has 0 fully saturated rings. The Bertz CT molecular complexity index is 719. The van der Waals surface area contributed by atoms with Crippen LogP contribution in [-0.2, 0) is 6.18 Å². The average molecular weight is 286 g/mol. The minimum Gasteiger partial charge on any atom is -0.323 e. The second kappa shape index (κ2) is 4.73. The van der Waals surface area contributed by atoms with Gasteiger partial charge in [-0.3, -0.25) is 4.79 Å². The Morgan fingerprint density at radius 2 is 1.85 bits per heavy atom. The second-order valence-electron chi connectivity index (χ2n) is 4.32. The molecule has 0 bridgehead atoms. The highest BCUT2D eigenvalue weighted by atomic mass is 19.4. The average Bonchev–Trinajstić information content (AvgIpc) is 2.33. The molecule has 0 aliphatic heterocycles. The van der Waals surface area contributed by atoms with Crippen LogP contribution in [0.2, 0.25) is 0 Å². The van der Waals surface area contributed by atoms with Crippen molar-refractivity contribution < 1.29 is 17.6 Å². The van der Waals surface area contributed by atoms with E-state index in [4.69, 9.17) is 0 Å². The van der Waals surface area contributed by atoms with E-state index in [1.807, 2.05) is 0 Å². The fourth-order valence-corrected chi connectivity index (χ4v) is 1.71. The summed E-state index contributed by atoms with van der Waals surface area (Å²) in [6.45, 7) is 3.24. The topological polar surface area (TPSA) is 45.8 Å². The van der Waals surface area contributed by atoms with Crippen molar-refractivity contribution in [3.05, 3.63) is 51.3 Å². The van der Waals surface area contributed by atoms with Crippen molar-refractivity contribution in [1.82, 2.24) is 9.97 Å². The van der Waals surface area contributed by atoms with E-state index in [1.54, 1.807) is 13.8 Å². The molecule has 20 heavy (non-hydrogen) atoms. The largest absolute Gasteiger partial charge is 0.419 e. The number of benzene rings is 1. The molecular formula is C13H10F4N2O. The monoisotopic (exact) mass is 286 g/mol. The number of alkyl halides is 3. The summed E-state index contributed by atoms with van der Waals surface area (Å²) >= 11 is 0. The van der Waals surface area contributed by atoms with Crippen molar-refractivity contribution in [3.8, 4) is 11.3 Å². The van der Waals surface area contributed by atoms with Gasteiger partial charge in [0, 0.05) is 11.3 Å². The molecule has 7 heteroatoms. The summed E-state index contributed by atoms with van der Waals surface area (Å²) in [7, 11) is 0. The number of aromatic nitrogens is 2. The van der Waals surface area contributed by atoms with Crippen LogP contribution in [-0.4, -0.2) is 9.97 Å². The van der Waals surface area contributed by atoms with Gasteiger partial charge in [0.1, 0.15) is 11.5 Å². The molecule has 2 rings (SSSR count). The Labute approximate surface area is 111 Å². The molecule has 0 amide bonds. The van der Waals surface area contributed by atoms with Gasteiger partial charge < -0.3 is 4.98 Å². The Morgan fingerprint density at radius 3 is 2.45 bits per heavy atom. The molecule has 0 spiro atoms. The summed E-state index contributed by atoms with van der Waals surface area (Å²) in [4.78, 5) is 18.2. The maximum atomic E-state index is 13.2. The highest BCUT2D eigenvalue weighted by Gasteiger charge is 2.34. The SMILES string of the molecule is Cc1nc(-c2ccc(F)c(C(F)(F)F)c2)c(=O)[nH]c1C. The van der Waals surface area contributed by atoms with Gasteiger partial charge in [0.05, 0.1) is 11.3 Å². The smallest absolute Gasteiger partial charge is 0.323 e. The summed E-state index contributed by atoms with van der Waals surface area (Å²) in [5, 5.41) is 0. The lowest BCUT2D eigenvalue weighted by molar-refractivity contribution is -0.139. The van der Waals surface area contributed by atoms with Crippen LogP contribution in [0.4, 0.5) is 17.6 Å². The molecule has 0 aliphatic rings. The number of hydrogen-bond acceptors (Lipinski definition) is 2. The molecule has 0 unspecified atom stereocenters. The van der Waals surface area contributed by atoms with E-state index >= 15 is 0 Å². The molecule has 0 radical (unpaired) electrons. The first-order chi connectivity index (χ1) is 9.20. The van der Waals surface area contributed by atoms with Gasteiger partial charge in [-0.25, -0.2) is 9.37 Å². The molecule has 1 aromatic carbocycles. The van der Waals surface area contributed by atoms with Crippen molar-refractivity contribution in [3.63, 3.8) is 0 Å². The summed E-state index contributed by atoms with van der Waals surface area (Å²) in [6, 6.07) is 2.35. The molecule has 0 atom stereocenters. The number of halogens is 4. The Hall–Kier alpha value is -2.18. The molecule has 1 heterocycles. The zero-order valence-corrected chi connectivity index (χ0v) is 10.6. The quantitative estimate of drug-likeness (QED) is 0.818. The maximum absolute atomic E-state index is 13.2. The third-order valence-electron chi connectivity index (χ3n) is 2.88. The summed E-state index contributed by atoms with van der Waals surface area (Å²) in [5.41, 5.74) is -1.28. The molecule has 2 aromatic rings. The second-order valence-corrected chi connectivity index (χ2v) is 4.32. The van der Waals surface area contributed by atoms with Crippen LogP contribution in [0.15, 0.2) is 23.0 Å². The van der Waals surface area contributed by atoms with Crippen molar-refractivity contribution >= 4 is 0 Å². The van der Waals surface area contributed by atoms with E-state index in [2.05, 4.69) is 9.97 Å². The third kappa shape index (κ3) is 2.56. The van der Waals surface area contributed by atoms with Crippen LogP contribution in [0.1, 0.15) is 17.0 Å². The van der Waals surface area contributed by atoms with Crippen molar-refractivity contribution in [1.29, 1.82) is 0 Å². The summed E-state index contributed by atoms with van der Waals surface area (Å²) in [5.74, 6) is -1.39. The lowest BCUT2D eigenvalue weighted by Gasteiger charge is -2.10. The molecule has 0 saturated carbocycles. The first-order valence-electron chi connectivity index (χ1n) is 5.65. The third-order valence-corrected chi connectivity index (χ3v) is 2.88. The van der Waals surface area contributed by atoms with Crippen molar-refractivity contribution in [2.45, 2.75) is 20.0 Å². The Balaban J connectivity index is 2.66. The molecule has 1 aromatic heterocycles. The van der Waals surface area contributed by atoms with E-state index in [-0.39, 0.29) is 11.3 Å². The van der Waals surface area contributed by atoms with Gasteiger partial charge in [0.2, 0.25) is 0 Å². The zero-order chi connectivity index (χ0) is 15.1. The molecule has 106 valence electrons. The van der Waals surface area contributed by atoms with Crippen LogP contribution in [0.25, 0.3) is 11.3 Å². The van der Waals surface area contributed by atoms with Gasteiger partial charge in [-0.2, -0.15) is 13.2 Å². The van der Waals surface area contributed by atoms with E-state index < -0.39 is 23.1 Å². The summed E-state index contributed by atoms with van der Waals surface area (Å²) in [6.07, 6.45) is -4.83. The predicted molar refractivity (Wildman–Crippen MR) is 64.7 cm³/mol. The number of rotatable bonds is 1. The normalized spacial score (nSPS) is 11.7. The minimum atomic E-state index is -4.83. The number of aromatic amines is 1. The van der Waals surface area contributed by atoms with Gasteiger partial charge in [-0.15, -0.1) is 0 Å². The van der Waals surface area contributed by atoms with Gasteiger partial charge in [-0.05, 0) is 32.0 Å². The fourth-order valence-electron chi connectivity index (χ4n) is 1.71. The first-order valence-corrected chi connectivity index (χ1v) is 5.65. The van der Waals surface area contributed by atoms with Crippen LogP contribution in [0, 0.1) is 19.7 Å². The van der Waals surface area contributed by atoms with Gasteiger partial charge in [0.15, 0.2) is 0 Å². The number of nitrogens with zero attached hydrogens (tertiary/aromatic N) is 1. The number of aryl methyl sites for hydroxylation is 2. The molecule has 3 nitrogen and oxygen atoms in total. The standard InChI is InChI=1S/C13H10F4N2O/c1-6-7(2)19-12(20)11(18-6)8-3-4-10(14)9(5-8)13(15,16)17/h3-5H,1-2H3,(H,19,20). The van der Waals surface area contributed by atoms with Crippen LogP contribution >= 0.6 is 0 Å². The highest BCUT2D eigenvalue weighted by molar-refractivity contribution is 5.59. The van der Waals surface area contributed by atoms with Gasteiger partial charge >= 0.3 is 6.18 Å². The van der Waals surface area contributed by atoms with Crippen molar-refractivity contribution in [2.75, 3.05) is 0 Å².